The second kappa shape index (κ2) is 8.00. The van der Waals surface area contributed by atoms with Gasteiger partial charge in [-0.3, -0.25) is 0 Å². The first-order chi connectivity index (χ1) is 14.7. The maximum Gasteiger partial charge on any atom is 0.231 e. The van der Waals surface area contributed by atoms with Gasteiger partial charge in [-0.1, -0.05) is 6.07 Å². The van der Waals surface area contributed by atoms with Crippen molar-refractivity contribution < 1.29 is 23.7 Å². The molecule has 0 aliphatic carbocycles. The predicted octanol–water partition coefficient (Wildman–Crippen LogP) is -0.908. The number of hydrogen-bond donors (Lipinski definition) is 2. The van der Waals surface area contributed by atoms with E-state index in [0.717, 1.165) is 54.6 Å². The van der Waals surface area contributed by atoms with Crippen LogP contribution in [0.3, 0.4) is 0 Å². The molecule has 156 valence electrons. The standard InChI is InChI=1S/C21H23FN6O2/c1-26-8-10-27(11-9-26)20(16-3-5-17(22)6-4-16)21-23-24-25-28(21)13-15-2-7-18-19(12-15)30-14-29-18/h2-7,12,20H,8-11,13-14H2,1H3/p+2/t20-/m0/s1. The van der Waals surface area contributed by atoms with E-state index in [-0.39, 0.29) is 18.7 Å². The Kier molecular flexibility index (Phi) is 5.06. The van der Waals surface area contributed by atoms with Gasteiger partial charge < -0.3 is 19.3 Å². The second-order valence-electron chi connectivity index (χ2n) is 7.98. The molecule has 3 aromatic rings. The first-order valence-electron chi connectivity index (χ1n) is 10.2. The average Bonchev–Trinajstić information content (AvgIpc) is 3.40. The monoisotopic (exact) mass is 412 g/mol. The fraction of sp³-hybridized carbons (Fsp3) is 0.381. The van der Waals surface area contributed by atoms with Gasteiger partial charge in [0.25, 0.3) is 0 Å². The number of hydrogen-bond acceptors (Lipinski definition) is 5. The van der Waals surface area contributed by atoms with E-state index in [1.807, 2.05) is 35.0 Å². The van der Waals surface area contributed by atoms with Gasteiger partial charge in [-0.05, 0) is 52.4 Å². The molecule has 1 atom stereocenters. The van der Waals surface area contributed by atoms with Crippen molar-refractivity contribution in [3.63, 3.8) is 0 Å². The Labute approximate surface area is 173 Å². The molecule has 0 unspecified atom stereocenters. The largest absolute Gasteiger partial charge is 0.454 e. The lowest BCUT2D eigenvalue weighted by Gasteiger charge is -2.32. The minimum Gasteiger partial charge on any atom is -0.454 e. The highest BCUT2D eigenvalue weighted by Gasteiger charge is 2.34. The second-order valence-corrected chi connectivity index (χ2v) is 7.98. The van der Waals surface area contributed by atoms with Crippen LogP contribution < -0.4 is 19.3 Å². The zero-order valence-electron chi connectivity index (χ0n) is 16.8. The summed E-state index contributed by atoms with van der Waals surface area (Å²) < 4.78 is 26.3. The van der Waals surface area contributed by atoms with Crippen LogP contribution in [0, 0.1) is 5.82 Å². The van der Waals surface area contributed by atoms with Gasteiger partial charge in [0.1, 0.15) is 32.0 Å². The number of nitrogens with one attached hydrogen (secondary N) is 2. The molecular weight excluding hydrogens is 387 g/mol. The number of halogens is 1. The summed E-state index contributed by atoms with van der Waals surface area (Å²) in [5, 5.41) is 12.7. The summed E-state index contributed by atoms with van der Waals surface area (Å²) in [5.74, 6) is 2.04. The quantitative estimate of drug-likeness (QED) is 0.568. The summed E-state index contributed by atoms with van der Waals surface area (Å²) in [6.45, 7) is 4.94. The molecule has 30 heavy (non-hydrogen) atoms. The lowest BCUT2D eigenvalue weighted by Crippen LogP contribution is -3.27. The third-order valence-corrected chi connectivity index (χ3v) is 5.94. The maximum atomic E-state index is 13.6. The molecule has 0 spiro atoms. The first-order valence-corrected chi connectivity index (χ1v) is 10.2. The van der Waals surface area contributed by atoms with E-state index in [9.17, 15) is 4.39 Å². The van der Waals surface area contributed by atoms with E-state index in [1.165, 1.54) is 21.9 Å². The third kappa shape index (κ3) is 3.73. The minimum absolute atomic E-state index is 0.0530. The Morgan fingerprint density at radius 3 is 2.60 bits per heavy atom. The number of piperazine rings is 1. The number of ether oxygens (including phenoxy) is 2. The molecule has 1 saturated heterocycles. The van der Waals surface area contributed by atoms with Crippen molar-refractivity contribution in [2.75, 3.05) is 40.0 Å². The number of fused-ring (bicyclic) bond motifs is 1. The topological polar surface area (TPSA) is 70.9 Å². The minimum atomic E-state index is -0.240. The van der Waals surface area contributed by atoms with Crippen molar-refractivity contribution in [2.24, 2.45) is 0 Å². The van der Waals surface area contributed by atoms with Crippen LogP contribution in [0.15, 0.2) is 42.5 Å². The maximum absolute atomic E-state index is 13.6. The molecule has 5 rings (SSSR count). The Balaban J connectivity index is 1.47. The van der Waals surface area contributed by atoms with E-state index in [1.54, 1.807) is 0 Å². The summed E-state index contributed by atoms with van der Waals surface area (Å²) in [4.78, 5) is 2.92. The average molecular weight is 412 g/mol. The van der Waals surface area contributed by atoms with Crippen molar-refractivity contribution >= 4 is 0 Å². The van der Waals surface area contributed by atoms with Crippen LogP contribution in [0.1, 0.15) is 23.0 Å². The van der Waals surface area contributed by atoms with Gasteiger partial charge >= 0.3 is 0 Å². The molecule has 8 nitrogen and oxygen atoms in total. The van der Waals surface area contributed by atoms with Gasteiger partial charge in [0.05, 0.1) is 13.6 Å². The van der Waals surface area contributed by atoms with Crippen LogP contribution in [0.25, 0.3) is 0 Å². The van der Waals surface area contributed by atoms with Crippen LogP contribution in [0.5, 0.6) is 11.5 Å². The van der Waals surface area contributed by atoms with E-state index in [2.05, 4.69) is 22.6 Å². The van der Waals surface area contributed by atoms with Crippen LogP contribution in [0.4, 0.5) is 4.39 Å². The lowest BCUT2D eigenvalue weighted by molar-refractivity contribution is -1.02. The van der Waals surface area contributed by atoms with Gasteiger partial charge in [-0.15, -0.1) is 5.10 Å². The fourth-order valence-corrected chi connectivity index (χ4v) is 4.25. The van der Waals surface area contributed by atoms with Crippen LogP contribution in [0.2, 0.25) is 0 Å². The van der Waals surface area contributed by atoms with Gasteiger partial charge in [-0.25, -0.2) is 9.07 Å². The molecule has 3 heterocycles. The summed E-state index contributed by atoms with van der Waals surface area (Å²) in [6, 6.07) is 12.5. The van der Waals surface area contributed by atoms with Crippen molar-refractivity contribution in [1.29, 1.82) is 0 Å². The summed E-state index contributed by atoms with van der Waals surface area (Å²) in [6.07, 6.45) is 0. The fourth-order valence-electron chi connectivity index (χ4n) is 4.25. The van der Waals surface area contributed by atoms with Crippen LogP contribution in [-0.2, 0) is 6.54 Å². The molecule has 2 aromatic carbocycles. The highest BCUT2D eigenvalue weighted by atomic mass is 19.1. The highest BCUT2D eigenvalue weighted by Crippen LogP contribution is 2.32. The first kappa shape index (κ1) is 19.0. The number of benzene rings is 2. The Hall–Kier alpha value is -3.04. The van der Waals surface area contributed by atoms with Gasteiger partial charge in [0.15, 0.2) is 17.5 Å². The molecule has 2 aliphatic rings. The molecule has 2 aliphatic heterocycles. The Morgan fingerprint density at radius 2 is 1.80 bits per heavy atom. The van der Waals surface area contributed by atoms with Crippen LogP contribution >= 0.6 is 0 Å². The Morgan fingerprint density at radius 1 is 1.03 bits per heavy atom. The van der Waals surface area contributed by atoms with Gasteiger partial charge in [0.2, 0.25) is 12.6 Å². The molecule has 9 heteroatoms. The number of tetrazole rings is 1. The molecule has 0 bridgehead atoms. The van der Waals surface area contributed by atoms with Gasteiger partial charge in [0, 0.05) is 5.56 Å². The summed E-state index contributed by atoms with van der Waals surface area (Å²) >= 11 is 0. The molecule has 2 N–H and O–H groups in total. The van der Waals surface area contributed by atoms with Crippen molar-refractivity contribution in [3.05, 3.63) is 65.2 Å². The third-order valence-electron chi connectivity index (χ3n) is 5.94. The van der Waals surface area contributed by atoms with Crippen molar-refractivity contribution in [3.8, 4) is 11.5 Å². The van der Waals surface area contributed by atoms with Gasteiger partial charge in [-0.2, -0.15) is 0 Å². The van der Waals surface area contributed by atoms with E-state index < -0.39 is 0 Å². The summed E-state index contributed by atoms with van der Waals surface area (Å²) in [5.41, 5.74) is 2.05. The molecule has 0 saturated carbocycles. The smallest absolute Gasteiger partial charge is 0.231 e. The highest BCUT2D eigenvalue weighted by molar-refractivity contribution is 5.44. The van der Waals surface area contributed by atoms with Crippen LogP contribution in [-0.4, -0.2) is 60.2 Å². The van der Waals surface area contributed by atoms with E-state index in [0.29, 0.717) is 6.54 Å². The van der Waals surface area contributed by atoms with E-state index >= 15 is 0 Å². The number of quaternary nitrogens is 2. The van der Waals surface area contributed by atoms with Crippen molar-refractivity contribution in [2.45, 2.75) is 12.6 Å². The Bertz CT molecular complexity index is 1020. The lowest BCUT2D eigenvalue weighted by atomic mass is 10.0. The SMILES string of the molecule is C[NH+]1CC[NH+]([C@@H](c2ccc(F)cc2)c2nnnn2Cc2ccc3c(c2)OCO3)CC1. The summed E-state index contributed by atoms with van der Waals surface area (Å²) in [7, 11) is 2.22. The molecule has 1 fully saturated rings. The van der Waals surface area contributed by atoms with Crippen molar-refractivity contribution in [1.82, 2.24) is 20.2 Å². The zero-order chi connectivity index (χ0) is 20.5. The normalized spacial score (nSPS) is 21.5. The molecule has 1 aromatic heterocycles. The number of aromatic nitrogens is 4. The number of likely N-dealkylation sites (N-methyl/N-ethyl adjacent to an activating group) is 1. The zero-order valence-corrected chi connectivity index (χ0v) is 16.8. The van der Waals surface area contributed by atoms with E-state index in [4.69, 9.17) is 9.47 Å². The number of nitrogens with zero attached hydrogens (tertiary/aromatic N) is 4. The number of rotatable bonds is 5. The molecule has 0 amide bonds. The molecular formula is C21H25FN6O2+2. The molecule has 0 radical (unpaired) electrons. The predicted molar refractivity (Wildman–Crippen MR) is 105 cm³/mol.